The molecule has 1 atom stereocenters. The summed E-state index contributed by atoms with van der Waals surface area (Å²) in [5.74, 6) is 0.469. The Hall–Kier alpha value is -0.930. The molecule has 1 aliphatic heterocycles. The van der Waals surface area contributed by atoms with Crippen molar-refractivity contribution in [3.8, 4) is 0 Å². The number of benzene rings is 1. The van der Waals surface area contributed by atoms with Crippen LogP contribution in [0.2, 0.25) is 0 Å². The minimum atomic E-state index is -0.222. The minimum absolute atomic E-state index is 0.193. The first kappa shape index (κ1) is 13.5. The molecule has 1 aromatic carbocycles. The number of rotatable bonds is 4. The van der Waals surface area contributed by atoms with Gasteiger partial charge < -0.3 is 10.5 Å². The Bertz CT molecular complexity index is 369. The zero-order chi connectivity index (χ0) is 13.0. The quantitative estimate of drug-likeness (QED) is 0.893. The van der Waals surface area contributed by atoms with Gasteiger partial charge in [0.2, 0.25) is 0 Å². The third-order valence-corrected chi connectivity index (χ3v) is 3.62. The highest BCUT2D eigenvalue weighted by molar-refractivity contribution is 5.18. The normalized spacial score (nSPS) is 20.6. The minimum Gasteiger partial charge on any atom is -0.381 e. The summed E-state index contributed by atoms with van der Waals surface area (Å²) in [4.78, 5) is 0. The van der Waals surface area contributed by atoms with Gasteiger partial charge in [0, 0.05) is 18.8 Å². The van der Waals surface area contributed by atoms with Crippen LogP contribution >= 0.6 is 0 Å². The van der Waals surface area contributed by atoms with Crippen molar-refractivity contribution in [2.24, 2.45) is 11.7 Å². The van der Waals surface area contributed by atoms with E-state index in [1.165, 1.54) is 12.1 Å². The number of halogens is 1. The Morgan fingerprint density at radius 2 is 1.89 bits per heavy atom. The maximum atomic E-state index is 12.8. The van der Waals surface area contributed by atoms with Gasteiger partial charge in [-0.05, 0) is 56.2 Å². The Balaban J connectivity index is 1.91. The Morgan fingerprint density at radius 1 is 1.28 bits per heavy atom. The largest absolute Gasteiger partial charge is 0.381 e. The lowest BCUT2D eigenvalue weighted by molar-refractivity contribution is 0.0572. The molecule has 1 heterocycles. The van der Waals surface area contributed by atoms with Crippen LogP contribution < -0.4 is 5.73 Å². The molecule has 1 fully saturated rings. The molecule has 0 saturated carbocycles. The molecule has 18 heavy (non-hydrogen) atoms. The summed E-state index contributed by atoms with van der Waals surface area (Å²) in [7, 11) is 0. The van der Waals surface area contributed by atoms with Gasteiger partial charge in [-0.15, -0.1) is 0 Å². The fourth-order valence-electron chi connectivity index (χ4n) is 2.75. The summed E-state index contributed by atoms with van der Waals surface area (Å²) < 4.78 is 18.2. The number of hydrogen-bond acceptors (Lipinski definition) is 2. The van der Waals surface area contributed by atoms with E-state index >= 15 is 0 Å². The second-order valence-electron chi connectivity index (χ2n) is 5.72. The van der Waals surface area contributed by atoms with Gasteiger partial charge in [-0.1, -0.05) is 12.1 Å². The monoisotopic (exact) mass is 251 g/mol. The molecule has 0 bridgehead atoms. The first-order chi connectivity index (χ1) is 8.55. The van der Waals surface area contributed by atoms with Gasteiger partial charge >= 0.3 is 0 Å². The molecule has 100 valence electrons. The van der Waals surface area contributed by atoms with Crippen molar-refractivity contribution >= 4 is 0 Å². The zero-order valence-electron chi connectivity index (χ0n) is 11.0. The Labute approximate surface area is 108 Å². The Morgan fingerprint density at radius 3 is 2.50 bits per heavy atom. The second kappa shape index (κ2) is 5.81. The highest BCUT2D eigenvalue weighted by atomic mass is 19.1. The van der Waals surface area contributed by atoms with Crippen molar-refractivity contribution in [1.29, 1.82) is 0 Å². The second-order valence-corrected chi connectivity index (χ2v) is 5.72. The van der Waals surface area contributed by atoms with E-state index in [-0.39, 0.29) is 11.4 Å². The highest BCUT2D eigenvalue weighted by Gasteiger charge is 2.25. The van der Waals surface area contributed by atoms with Gasteiger partial charge in [0.1, 0.15) is 5.82 Å². The smallest absolute Gasteiger partial charge is 0.123 e. The molecule has 3 heteroatoms. The predicted molar refractivity (Wildman–Crippen MR) is 70.9 cm³/mol. The van der Waals surface area contributed by atoms with Crippen LogP contribution in [0.5, 0.6) is 0 Å². The van der Waals surface area contributed by atoms with Gasteiger partial charge in [0.25, 0.3) is 0 Å². The molecule has 1 unspecified atom stereocenters. The predicted octanol–water partition coefficient (Wildman–Crippen LogP) is 2.90. The van der Waals surface area contributed by atoms with Gasteiger partial charge in [0.05, 0.1) is 0 Å². The van der Waals surface area contributed by atoms with Crippen LogP contribution in [0.3, 0.4) is 0 Å². The van der Waals surface area contributed by atoms with Crippen molar-refractivity contribution in [3.05, 3.63) is 35.6 Å². The van der Waals surface area contributed by atoms with Crippen molar-refractivity contribution in [1.82, 2.24) is 0 Å². The lowest BCUT2D eigenvalue weighted by atomic mass is 9.82. The maximum absolute atomic E-state index is 12.8. The SMILES string of the molecule is CC(N)(Cc1ccc(F)cc1)CC1CCOCC1. The van der Waals surface area contributed by atoms with Crippen LogP contribution in [0.4, 0.5) is 4.39 Å². The van der Waals surface area contributed by atoms with Crippen LogP contribution in [-0.4, -0.2) is 18.8 Å². The van der Waals surface area contributed by atoms with Crippen molar-refractivity contribution in [2.45, 2.75) is 38.1 Å². The van der Waals surface area contributed by atoms with E-state index in [2.05, 4.69) is 6.92 Å². The molecule has 0 spiro atoms. The van der Waals surface area contributed by atoms with E-state index in [4.69, 9.17) is 10.5 Å². The highest BCUT2D eigenvalue weighted by Crippen LogP contribution is 2.26. The molecule has 1 aromatic rings. The maximum Gasteiger partial charge on any atom is 0.123 e. The summed E-state index contributed by atoms with van der Waals surface area (Å²) in [5.41, 5.74) is 7.27. The molecular formula is C15H22FNO. The lowest BCUT2D eigenvalue weighted by Gasteiger charge is -2.32. The average molecular weight is 251 g/mol. The molecule has 0 amide bonds. The number of ether oxygens (including phenoxy) is 1. The summed E-state index contributed by atoms with van der Waals surface area (Å²) in [6.45, 7) is 3.81. The van der Waals surface area contributed by atoms with E-state index < -0.39 is 0 Å². The molecule has 0 radical (unpaired) electrons. The Kier molecular flexibility index (Phi) is 4.36. The van der Waals surface area contributed by atoms with Gasteiger partial charge in [-0.2, -0.15) is 0 Å². The molecular weight excluding hydrogens is 229 g/mol. The zero-order valence-corrected chi connectivity index (χ0v) is 11.0. The van der Waals surface area contributed by atoms with Crippen LogP contribution in [0, 0.1) is 11.7 Å². The molecule has 0 aromatic heterocycles. The van der Waals surface area contributed by atoms with Gasteiger partial charge in [-0.25, -0.2) is 4.39 Å². The average Bonchev–Trinajstić information content (AvgIpc) is 2.32. The van der Waals surface area contributed by atoms with E-state index in [9.17, 15) is 4.39 Å². The van der Waals surface area contributed by atoms with Crippen molar-refractivity contribution < 1.29 is 9.13 Å². The fraction of sp³-hybridized carbons (Fsp3) is 0.600. The van der Waals surface area contributed by atoms with E-state index in [1.807, 2.05) is 12.1 Å². The first-order valence-corrected chi connectivity index (χ1v) is 6.66. The lowest BCUT2D eigenvalue weighted by Crippen LogP contribution is -2.41. The van der Waals surface area contributed by atoms with E-state index in [0.717, 1.165) is 44.5 Å². The van der Waals surface area contributed by atoms with E-state index in [0.29, 0.717) is 5.92 Å². The molecule has 0 aliphatic carbocycles. The summed E-state index contributed by atoms with van der Waals surface area (Å²) >= 11 is 0. The summed E-state index contributed by atoms with van der Waals surface area (Å²) in [6.07, 6.45) is 4.02. The summed E-state index contributed by atoms with van der Waals surface area (Å²) in [6, 6.07) is 6.65. The van der Waals surface area contributed by atoms with Crippen LogP contribution in [0.15, 0.2) is 24.3 Å². The topological polar surface area (TPSA) is 35.2 Å². The standard InChI is InChI=1S/C15H22FNO/c1-15(17,11-13-6-8-18-9-7-13)10-12-2-4-14(16)5-3-12/h2-5,13H,6-11,17H2,1H3. The van der Waals surface area contributed by atoms with E-state index in [1.54, 1.807) is 0 Å². The number of hydrogen-bond donors (Lipinski definition) is 1. The molecule has 1 aliphatic rings. The molecule has 2 rings (SSSR count). The van der Waals surface area contributed by atoms with Crippen LogP contribution in [0.25, 0.3) is 0 Å². The molecule has 2 N–H and O–H groups in total. The van der Waals surface area contributed by atoms with Gasteiger partial charge in [-0.3, -0.25) is 0 Å². The third-order valence-electron chi connectivity index (χ3n) is 3.62. The molecule has 2 nitrogen and oxygen atoms in total. The number of nitrogens with two attached hydrogens (primary N) is 1. The molecule has 1 saturated heterocycles. The third kappa shape index (κ3) is 4.07. The summed E-state index contributed by atoms with van der Waals surface area (Å²) in [5, 5.41) is 0. The van der Waals surface area contributed by atoms with Crippen molar-refractivity contribution in [3.63, 3.8) is 0 Å². The van der Waals surface area contributed by atoms with Gasteiger partial charge in [0.15, 0.2) is 0 Å². The van der Waals surface area contributed by atoms with Crippen LogP contribution in [-0.2, 0) is 11.2 Å². The fourth-order valence-corrected chi connectivity index (χ4v) is 2.75. The van der Waals surface area contributed by atoms with Crippen LogP contribution in [0.1, 0.15) is 31.7 Å². The van der Waals surface area contributed by atoms with Crippen molar-refractivity contribution in [2.75, 3.05) is 13.2 Å². The first-order valence-electron chi connectivity index (χ1n) is 6.66.